The fourth-order valence-corrected chi connectivity index (χ4v) is 1.87. The molecule has 0 aliphatic heterocycles. The Hall–Kier alpha value is -1.15. The molecule has 0 radical (unpaired) electrons. The first-order valence-corrected chi connectivity index (χ1v) is 4.66. The molecule has 1 aromatic heterocycles. The third kappa shape index (κ3) is 1.27. The molecule has 0 atom stereocenters. The largest absolute Gasteiger partial charge is 0.348 e. The molecular formula is C11H11NS. The lowest BCUT2D eigenvalue weighted by Gasteiger charge is -2.08. The summed E-state index contributed by atoms with van der Waals surface area (Å²) in [5.41, 5.74) is 2.40. The molecule has 0 saturated heterocycles. The molecule has 2 heteroatoms. The third-order valence-electron chi connectivity index (χ3n) is 2.40. The quantitative estimate of drug-likeness (QED) is 0.576. The van der Waals surface area contributed by atoms with Crippen LogP contribution in [0.1, 0.15) is 5.69 Å². The lowest BCUT2D eigenvalue weighted by molar-refractivity contribution is 0.900. The lowest BCUT2D eigenvalue weighted by Crippen LogP contribution is -1.97. The Kier molecular flexibility index (Phi) is 1.93. The predicted octanol–water partition coefficient (Wildman–Crippen LogP) is 3.22. The van der Waals surface area contributed by atoms with Crippen LogP contribution in [-0.4, -0.2) is 4.57 Å². The molecule has 1 nitrogen and oxygen atoms in total. The van der Waals surface area contributed by atoms with Gasteiger partial charge in [-0.3, -0.25) is 0 Å². The van der Waals surface area contributed by atoms with E-state index in [2.05, 4.69) is 30.7 Å². The van der Waals surface area contributed by atoms with E-state index in [0.717, 1.165) is 9.90 Å². The second-order valence-electron chi connectivity index (χ2n) is 3.23. The zero-order valence-electron chi connectivity index (χ0n) is 7.74. The summed E-state index contributed by atoms with van der Waals surface area (Å²) in [5, 5.41) is 1.16. The summed E-state index contributed by atoms with van der Waals surface area (Å²) in [6.45, 7) is 2.07. The summed E-state index contributed by atoms with van der Waals surface area (Å²) >= 11 is 5.29. The second kappa shape index (κ2) is 2.96. The van der Waals surface area contributed by atoms with Crippen molar-refractivity contribution in [3.05, 3.63) is 40.5 Å². The molecule has 2 rings (SSSR count). The van der Waals surface area contributed by atoms with Gasteiger partial charge in [0.25, 0.3) is 0 Å². The maximum atomic E-state index is 5.29. The van der Waals surface area contributed by atoms with Gasteiger partial charge >= 0.3 is 0 Å². The van der Waals surface area contributed by atoms with E-state index in [-0.39, 0.29) is 0 Å². The summed E-state index contributed by atoms with van der Waals surface area (Å²) in [6.07, 6.45) is 0. The number of benzene rings is 1. The van der Waals surface area contributed by atoms with Gasteiger partial charge in [0.2, 0.25) is 0 Å². The minimum absolute atomic E-state index is 0.936. The molecule has 0 saturated carbocycles. The Morgan fingerprint density at radius 3 is 2.69 bits per heavy atom. The SMILES string of the molecule is Cc1cc(=S)c2ccccc2n1C. The van der Waals surface area contributed by atoms with E-state index in [1.165, 1.54) is 11.2 Å². The van der Waals surface area contributed by atoms with Gasteiger partial charge in [0, 0.05) is 28.2 Å². The second-order valence-corrected chi connectivity index (χ2v) is 3.67. The smallest absolute Gasteiger partial charge is 0.0493 e. The number of nitrogens with zero attached hydrogens (tertiary/aromatic N) is 1. The van der Waals surface area contributed by atoms with Crippen molar-refractivity contribution in [2.75, 3.05) is 0 Å². The van der Waals surface area contributed by atoms with E-state index in [9.17, 15) is 0 Å². The van der Waals surface area contributed by atoms with Crippen molar-refractivity contribution in [1.82, 2.24) is 4.57 Å². The number of para-hydroxylation sites is 1. The molecule has 0 spiro atoms. The molecule has 0 N–H and O–H groups in total. The van der Waals surface area contributed by atoms with Crippen LogP contribution in [0.4, 0.5) is 0 Å². The molecule has 0 unspecified atom stereocenters. The van der Waals surface area contributed by atoms with Gasteiger partial charge in [-0.15, -0.1) is 0 Å². The highest BCUT2D eigenvalue weighted by Crippen LogP contribution is 2.16. The molecule has 13 heavy (non-hydrogen) atoms. The molecular weight excluding hydrogens is 178 g/mol. The predicted molar refractivity (Wildman–Crippen MR) is 58.5 cm³/mol. The molecule has 1 aromatic carbocycles. The number of rotatable bonds is 0. The van der Waals surface area contributed by atoms with Crippen LogP contribution in [0.3, 0.4) is 0 Å². The van der Waals surface area contributed by atoms with Gasteiger partial charge in [-0.1, -0.05) is 30.4 Å². The molecule has 66 valence electrons. The van der Waals surface area contributed by atoms with Gasteiger partial charge in [0.15, 0.2) is 0 Å². The van der Waals surface area contributed by atoms with Gasteiger partial charge in [-0.05, 0) is 19.1 Å². The average Bonchev–Trinajstić information content (AvgIpc) is 2.15. The Labute approximate surface area is 82.6 Å². The van der Waals surface area contributed by atoms with Crippen molar-refractivity contribution in [3.63, 3.8) is 0 Å². The molecule has 0 aliphatic rings. The van der Waals surface area contributed by atoms with Crippen molar-refractivity contribution in [1.29, 1.82) is 0 Å². The highest BCUT2D eigenvalue weighted by Gasteiger charge is 1.98. The zero-order valence-corrected chi connectivity index (χ0v) is 8.56. The number of pyridine rings is 1. The standard InChI is InChI=1S/C11H11NS/c1-8-7-11(13)9-5-3-4-6-10(9)12(8)2/h3-7H,1-2H3. The van der Waals surface area contributed by atoms with Crippen LogP contribution in [-0.2, 0) is 7.05 Å². The van der Waals surface area contributed by atoms with Gasteiger partial charge in [0.1, 0.15) is 0 Å². The molecule has 0 aliphatic carbocycles. The normalized spacial score (nSPS) is 10.6. The van der Waals surface area contributed by atoms with E-state index in [1.807, 2.05) is 18.2 Å². The van der Waals surface area contributed by atoms with Gasteiger partial charge in [-0.2, -0.15) is 0 Å². The third-order valence-corrected chi connectivity index (χ3v) is 2.74. The minimum atomic E-state index is 0.936. The fourth-order valence-electron chi connectivity index (χ4n) is 1.53. The fraction of sp³-hybridized carbons (Fsp3) is 0.182. The Morgan fingerprint density at radius 2 is 1.92 bits per heavy atom. The van der Waals surface area contributed by atoms with E-state index in [0.29, 0.717) is 0 Å². The van der Waals surface area contributed by atoms with Crippen LogP contribution < -0.4 is 0 Å². The molecule has 2 aromatic rings. The van der Waals surface area contributed by atoms with Crippen molar-refractivity contribution < 1.29 is 0 Å². The highest BCUT2D eigenvalue weighted by molar-refractivity contribution is 7.71. The van der Waals surface area contributed by atoms with Crippen molar-refractivity contribution >= 4 is 23.1 Å². The summed E-state index contributed by atoms with van der Waals surface area (Å²) in [5.74, 6) is 0. The van der Waals surface area contributed by atoms with E-state index < -0.39 is 0 Å². The zero-order chi connectivity index (χ0) is 9.42. The van der Waals surface area contributed by atoms with Crippen molar-refractivity contribution in [2.24, 2.45) is 7.05 Å². The molecule has 0 amide bonds. The van der Waals surface area contributed by atoms with Crippen LogP contribution in [0.15, 0.2) is 30.3 Å². The molecule has 0 fully saturated rings. The van der Waals surface area contributed by atoms with Crippen molar-refractivity contribution in [3.8, 4) is 0 Å². The summed E-state index contributed by atoms with van der Waals surface area (Å²) in [6, 6.07) is 10.3. The van der Waals surface area contributed by atoms with Crippen LogP contribution >= 0.6 is 12.2 Å². The van der Waals surface area contributed by atoms with E-state index in [1.54, 1.807) is 0 Å². The first kappa shape index (κ1) is 8.45. The Bertz CT molecular complexity index is 511. The van der Waals surface area contributed by atoms with Gasteiger partial charge in [-0.25, -0.2) is 0 Å². The van der Waals surface area contributed by atoms with Gasteiger partial charge < -0.3 is 4.57 Å². The lowest BCUT2D eigenvalue weighted by atomic mass is 10.2. The highest BCUT2D eigenvalue weighted by atomic mass is 32.1. The van der Waals surface area contributed by atoms with E-state index in [4.69, 9.17) is 12.2 Å². The monoisotopic (exact) mass is 189 g/mol. The maximum Gasteiger partial charge on any atom is 0.0493 e. The average molecular weight is 189 g/mol. The van der Waals surface area contributed by atoms with Crippen molar-refractivity contribution in [2.45, 2.75) is 6.92 Å². The van der Waals surface area contributed by atoms with Crippen LogP contribution in [0.2, 0.25) is 0 Å². The number of aryl methyl sites for hydroxylation is 2. The maximum absolute atomic E-state index is 5.29. The van der Waals surface area contributed by atoms with Crippen LogP contribution in [0, 0.1) is 11.4 Å². The topological polar surface area (TPSA) is 4.93 Å². The number of hydrogen-bond donors (Lipinski definition) is 0. The van der Waals surface area contributed by atoms with Crippen LogP contribution in [0.5, 0.6) is 0 Å². The summed E-state index contributed by atoms with van der Waals surface area (Å²) < 4.78 is 3.09. The van der Waals surface area contributed by atoms with Crippen LogP contribution in [0.25, 0.3) is 10.9 Å². The van der Waals surface area contributed by atoms with E-state index >= 15 is 0 Å². The molecule has 0 bridgehead atoms. The first-order valence-electron chi connectivity index (χ1n) is 4.25. The molecule has 1 heterocycles. The number of aromatic nitrogens is 1. The summed E-state index contributed by atoms with van der Waals surface area (Å²) in [4.78, 5) is 0. The first-order chi connectivity index (χ1) is 6.20. The Balaban J connectivity index is 3.06. The Morgan fingerprint density at radius 1 is 1.23 bits per heavy atom. The minimum Gasteiger partial charge on any atom is -0.348 e. The number of fused-ring (bicyclic) bond motifs is 1. The summed E-state index contributed by atoms with van der Waals surface area (Å²) in [7, 11) is 2.06. The van der Waals surface area contributed by atoms with Gasteiger partial charge in [0.05, 0.1) is 0 Å². The number of hydrogen-bond acceptors (Lipinski definition) is 1.